The lowest BCUT2D eigenvalue weighted by molar-refractivity contribution is 0.0187. The molecule has 8 heteroatoms. The molecule has 1 aliphatic rings. The Hall–Kier alpha value is -3.88. The van der Waals surface area contributed by atoms with Gasteiger partial charge >= 0.3 is 6.09 Å². The zero-order valence-corrected chi connectivity index (χ0v) is 24.0. The van der Waals surface area contributed by atoms with Crippen molar-refractivity contribution in [3.8, 4) is 5.75 Å². The van der Waals surface area contributed by atoms with Gasteiger partial charge in [0.15, 0.2) is 0 Å². The number of hydrogen-bond donors (Lipinski definition) is 1. The fourth-order valence-electron chi connectivity index (χ4n) is 4.34. The molecule has 0 saturated heterocycles. The van der Waals surface area contributed by atoms with E-state index in [4.69, 9.17) is 19.0 Å². The van der Waals surface area contributed by atoms with Crippen molar-refractivity contribution in [2.24, 2.45) is 0 Å². The van der Waals surface area contributed by atoms with E-state index >= 15 is 0 Å². The third kappa shape index (κ3) is 9.62. The summed E-state index contributed by atoms with van der Waals surface area (Å²) < 4.78 is 30.7. The number of ether oxygens (including phenoxy) is 3. The van der Waals surface area contributed by atoms with Crippen LogP contribution in [0.3, 0.4) is 0 Å². The summed E-state index contributed by atoms with van der Waals surface area (Å²) in [4.78, 5) is 20.3. The first-order valence-corrected chi connectivity index (χ1v) is 13.9. The van der Waals surface area contributed by atoms with E-state index in [-0.39, 0.29) is 18.5 Å². The van der Waals surface area contributed by atoms with Gasteiger partial charge in [-0.2, -0.15) is 0 Å². The van der Waals surface area contributed by atoms with Gasteiger partial charge in [0.1, 0.15) is 17.2 Å². The molecule has 0 unspecified atom stereocenters. The van der Waals surface area contributed by atoms with Crippen LogP contribution >= 0.6 is 0 Å². The number of hydrogen-bond acceptors (Lipinski definition) is 6. The van der Waals surface area contributed by atoms with Gasteiger partial charge in [-0.25, -0.2) is 9.18 Å². The van der Waals surface area contributed by atoms with Gasteiger partial charge in [-0.1, -0.05) is 60.7 Å². The first kappa shape index (κ1) is 30.1. The number of halogens is 1. The quantitative estimate of drug-likeness (QED) is 0.192. The Kier molecular flexibility index (Phi) is 10.8. The van der Waals surface area contributed by atoms with Crippen LogP contribution in [0.25, 0.3) is 5.57 Å². The van der Waals surface area contributed by atoms with Gasteiger partial charge in [0.25, 0.3) is 0 Å². The average molecular weight is 563 g/mol. The minimum Gasteiger partial charge on any atom is -0.494 e. The SMILES string of the molecule is CC(C)(C)OC(=O)N1CCC(c2ccc(OCCCOCc3ccccc3F)cc2)=C(NOCc2ccccc2)C1. The van der Waals surface area contributed by atoms with Crippen molar-refractivity contribution in [3.63, 3.8) is 0 Å². The highest BCUT2D eigenvalue weighted by atomic mass is 19.1. The number of rotatable bonds is 12. The van der Waals surface area contributed by atoms with Crippen LogP contribution in [0, 0.1) is 5.82 Å². The topological polar surface area (TPSA) is 69.3 Å². The molecule has 0 atom stereocenters. The summed E-state index contributed by atoms with van der Waals surface area (Å²) in [6.45, 7) is 8.08. The van der Waals surface area contributed by atoms with Gasteiger partial charge in [-0.05, 0) is 62.1 Å². The fraction of sp³-hybridized carbons (Fsp3) is 0.364. The maximum Gasteiger partial charge on any atom is 0.410 e. The van der Waals surface area contributed by atoms with Crippen molar-refractivity contribution < 1.29 is 28.2 Å². The number of benzene rings is 3. The monoisotopic (exact) mass is 562 g/mol. The van der Waals surface area contributed by atoms with Crippen LogP contribution in [0.4, 0.5) is 9.18 Å². The summed E-state index contributed by atoms with van der Waals surface area (Å²) >= 11 is 0. The summed E-state index contributed by atoms with van der Waals surface area (Å²) in [6.07, 6.45) is 0.991. The predicted molar refractivity (Wildman–Crippen MR) is 156 cm³/mol. The summed E-state index contributed by atoms with van der Waals surface area (Å²) in [5.74, 6) is 0.500. The normalized spacial score (nSPS) is 13.7. The van der Waals surface area contributed by atoms with Crippen LogP contribution in [-0.4, -0.2) is 42.9 Å². The Labute approximate surface area is 241 Å². The van der Waals surface area contributed by atoms with E-state index in [1.807, 2.05) is 75.4 Å². The Balaban J connectivity index is 1.33. The Morgan fingerprint density at radius 2 is 1.66 bits per heavy atom. The molecule has 41 heavy (non-hydrogen) atoms. The van der Waals surface area contributed by atoms with Gasteiger partial charge in [-0.3, -0.25) is 10.3 Å². The van der Waals surface area contributed by atoms with Gasteiger partial charge in [0, 0.05) is 18.5 Å². The molecule has 1 N–H and O–H groups in total. The smallest absolute Gasteiger partial charge is 0.410 e. The van der Waals surface area contributed by atoms with Gasteiger partial charge in [0.05, 0.1) is 38.7 Å². The zero-order valence-electron chi connectivity index (χ0n) is 24.0. The van der Waals surface area contributed by atoms with E-state index in [1.54, 1.807) is 23.1 Å². The average Bonchev–Trinajstić information content (AvgIpc) is 2.96. The number of hydroxylamine groups is 1. The van der Waals surface area contributed by atoms with E-state index in [0.29, 0.717) is 51.3 Å². The minimum atomic E-state index is -0.569. The predicted octanol–water partition coefficient (Wildman–Crippen LogP) is 6.88. The molecular formula is C33H39FN2O5. The molecule has 1 aliphatic heterocycles. The van der Waals surface area contributed by atoms with Gasteiger partial charge in [0.2, 0.25) is 0 Å². The fourth-order valence-corrected chi connectivity index (χ4v) is 4.34. The number of nitrogens with one attached hydrogen (secondary N) is 1. The van der Waals surface area contributed by atoms with Crippen LogP contribution in [0.15, 0.2) is 84.6 Å². The third-order valence-electron chi connectivity index (χ3n) is 6.39. The second kappa shape index (κ2) is 14.7. The van der Waals surface area contributed by atoms with Crippen molar-refractivity contribution in [1.29, 1.82) is 0 Å². The maximum absolute atomic E-state index is 13.7. The lowest BCUT2D eigenvalue weighted by Crippen LogP contribution is -2.42. The highest BCUT2D eigenvalue weighted by Gasteiger charge is 2.28. The maximum atomic E-state index is 13.7. The van der Waals surface area contributed by atoms with E-state index in [2.05, 4.69) is 5.48 Å². The lowest BCUT2D eigenvalue weighted by Gasteiger charge is -2.33. The van der Waals surface area contributed by atoms with Gasteiger partial charge < -0.3 is 19.1 Å². The molecule has 0 aliphatic carbocycles. The van der Waals surface area contributed by atoms with Crippen molar-refractivity contribution in [3.05, 3.63) is 107 Å². The van der Waals surface area contributed by atoms with Crippen molar-refractivity contribution in [2.75, 3.05) is 26.3 Å². The number of amides is 1. The first-order valence-electron chi connectivity index (χ1n) is 13.9. The molecule has 0 bridgehead atoms. The highest BCUT2D eigenvalue weighted by molar-refractivity contribution is 5.74. The standard InChI is InChI=1S/C33H39FN2O5/c1-33(2,3)41-32(37)36-19-18-29(31(22-36)35-40-23-25-10-5-4-6-11-25)26-14-16-28(17-15-26)39-21-9-20-38-24-27-12-7-8-13-30(27)34/h4-8,10-17,35H,9,18-24H2,1-3H3. The molecule has 4 rings (SSSR count). The highest BCUT2D eigenvalue weighted by Crippen LogP contribution is 2.29. The Morgan fingerprint density at radius 3 is 2.39 bits per heavy atom. The molecule has 0 aromatic heterocycles. The Morgan fingerprint density at radius 1 is 0.927 bits per heavy atom. The summed E-state index contributed by atoms with van der Waals surface area (Å²) in [7, 11) is 0. The molecule has 1 heterocycles. The van der Waals surface area contributed by atoms with Crippen LogP contribution in [0.2, 0.25) is 0 Å². The minimum absolute atomic E-state index is 0.243. The van der Waals surface area contributed by atoms with Crippen LogP contribution in [-0.2, 0) is 27.5 Å². The number of carbonyl (C=O) groups excluding carboxylic acids is 1. The first-order chi connectivity index (χ1) is 19.8. The molecule has 0 saturated carbocycles. The van der Waals surface area contributed by atoms with Crippen molar-refractivity contribution in [1.82, 2.24) is 10.4 Å². The van der Waals surface area contributed by atoms with Crippen LogP contribution < -0.4 is 10.2 Å². The second-order valence-corrected chi connectivity index (χ2v) is 10.9. The summed E-state index contributed by atoms with van der Waals surface area (Å²) in [6, 6.07) is 24.4. The summed E-state index contributed by atoms with van der Waals surface area (Å²) in [5.41, 5.74) is 7.06. The van der Waals surface area contributed by atoms with Crippen LogP contribution in [0.1, 0.15) is 50.3 Å². The molecule has 3 aromatic carbocycles. The van der Waals surface area contributed by atoms with Crippen molar-refractivity contribution in [2.45, 2.75) is 52.4 Å². The molecular weight excluding hydrogens is 523 g/mol. The molecule has 0 radical (unpaired) electrons. The Bertz CT molecular complexity index is 1290. The van der Waals surface area contributed by atoms with Gasteiger partial charge in [-0.15, -0.1) is 0 Å². The van der Waals surface area contributed by atoms with E-state index < -0.39 is 5.60 Å². The molecule has 0 spiro atoms. The molecule has 1 amide bonds. The zero-order chi connectivity index (χ0) is 29.1. The van der Waals surface area contributed by atoms with E-state index in [9.17, 15) is 9.18 Å². The van der Waals surface area contributed by atoms with Crippen molar-refractivity contribution >= 4 is 11.7 Å². The number of carbonyl (C=O) groups is 1. The second-order valence-electron chi connectivity index (χ2n) is 10.9. The summed E-state index contributed by atoms with van der Waals surface area (Å²) in [5, 5.41) is 0. The molecule has 218 valence electrons. The largest absolute Gasteiger partial charge is 0.494 e. The van der Waals surface area contributed by atoms with E-state index in [0.717, 1.165) is 28.1 Å². The van der Waals surface area contributed by atoms with Crippen LogP contribution in [0.5, 0.6) is 5.75 Å². The molecule has 7 nitrogen and oxygen atoms in total. The molecule has 3 aromatic rings. The third-order valence-corrected chi connectivity index (χ3v) is 6.39. The number of nitrogens with zero attached hydrogens (tertiary/aromatic N) is 1. The van der Waals surface area contributed by atoms with E-state index in [1.165, 1.54) is 6.07 Å². The molecule has 0 fully saturated rings. The lowest BCUT2D eigenvalue weighted by atomic mass is 9.97.